The molecule has 0 saturated carbocycles. The first-order chi connectivity index (χ1) is 5.70. The summed E-state index contributed by atoms with van der Waals surface area (Å²) in [6.07, 6.45) is 7.60. The van der Waals surface area contributed by atoms with E-state index in [0.717, 1.165) is 6.42 Å². The first-order valence-corrected chi connectivity index (χ1v) is 4.20. The first kappa shape index (κ1) is 11.0. The summed E-state index contributed by atoms with van der Waals surface area (Å²) in [5.74, 6) is -0.276. The average molecular weight is 168 g/mol. The van der Waals surface area contributed by atoms with Crippen LogP contribution in [0, 0.1) is 0 Å². The zero-order valence-electron chi connectivity index (χ0n) is 7.91. The quantitative estimate of drug-likeness (QED) is 0.366. The molecule has 0 aromatic carbocycles. The SMILES string of the molecule is C/C=C/C=C/C(=O)OC(C)CC. The maximum atomic E-state index is 10.9. The Hall–Kier alpha value is -1.05. The molecule has 68 valence electrons. The fraction of sp³-hybridized carbons (Fsp3) is 0.500. The molecule has 0 radical (unpaired) electrons. The molecule has 1 unspecified atom stereocenters. The van der Waals surface area contributed by atoms with Gasteiger partial charge >= 0.3 is 5.97 Å². The molecule has 0 aliphatic carbocycles. The van der Waals surface area contributed by atoms with Gasteiger partial charge in [-0.1, -0.05) is 25.2 Å². The summed E-state index contributed by atoms with van der Waals surface area (Å²) in [5.41, 5.74) is 0. The zero-order chi connectivity index (χ0) is 9.40. The van der Waals surface area contributed by atoms with E-state index in [9.17, 15) is 4.79 Å². The number of rotatable bonds is 4. The summed E-state index contributed by atoms with van der Waals surface area (Å²) in [6.45, 7) is 5.75. The lowest BCUT2D eigenvalue weighted by atomic mass is 10.3. The van der Waals surface area contributed by atoms with Crippen LogP contribution in [0.15, 0.2) is 24.3 Å². The van der Waals surface area contributed by atoms with E-state index in [1.54, 1.807) is 12.2 Å². The van der Waals surface area contributed by atoms with Crippen molar-refractivity contribution >= 4 is 5.97 Å². The predicted octanol–water partition coefficient (Wildman–Crippen LogP) is 2.46. The first-order valence-electron chi connectivity index (χ1n) is 4.20. The molecule has 0 bridgehead atoms. The predicted molar refractivity (Wildman–Crippen MR) is 49.8 cm³/mol. The fourth-order valence-corrected chi connectivity index (χ4v) is 0.566. The van der Waals surface area contributed by atoms with Crippen LogP contribution in [-0.2, 0) is 9.53 Å². The van der Waals surface area contributed by atoms with Crippen molar-refractivity contribution in [3.05, 3.63) is 24.3 Å². The second-order valence-corrected chi connectivity index (χ2v) is 2.54. The Morgan fingerprint density at radius 3 is 2.67 bits per heavy atom. The van der Waals surface area contributed by atoms with Crippen molar-refractivity contribution in [1.82, 2.24) is 0 Å². The van der Waals surface area contributed by atoms with Crippen LogP contribution in [0.1, 0.15) is 27.2 Å². The third-order valence-corrected chi connectivity index (χ3v) is 1.43. The van der Waals surface area contributed by atoms with Crippen LogP contribution in [0.25, 0.3) is 0 Å². The Morgan fingerprint density at radius 1 is 1.50 bits per heavy atom. The molecule has 12 heavy (non-hydrogen) atoms. The van der Waals surface area contributed by atoms with Crippen molar-refractivity contribution in [2.24, 2.45) is 0 Å². The normalized spacial score (nSPS) is 13.9. The van der Waals surface area contributed by atoms with Gasteiger partial charge in [0.1, 0.15) is 0 Å². The van der Waals surface area contributed by atoms with E-state index in [-0.39, 0.29) is 12.1 Å². The zero-order valence-corrected chi connectivity index (χ0v) is 7.91. The minimum atomic E-state index is -0.276. The van der Waals surface area contributed by atoms with Crippen LogP contribution in [-0.4, -0.2) is 12.1 Å². The molecule has 0 aliphatic rings. The van der Waals surface area contributed by atoms with Crippen molar-refractivity contribution in [3.8, 4) is 0 Å². The minimum absolute atomic E-state index is 0.00718. The minimum Gasteiger partial charge on any atom is -0.460 e. The molecule has 0 N–H and O–H groups in total. The molecule has 0 aromatic heterocycles. The highest BCUT2D eigenvalue weighted by atomic mass is 16.5. The average Bonchev–Trinajstić information content (AvgIpc) is 2.05. The highest BCUT2D eigenvalue weighted by Gasteiger charge is 2.01. The van der Waals surface area contributed by atoms with E-state index in [1.165, 1.54) is 6.08 Å². The number of ether oxygens (including phenoxy) is 1. The molecular formula is C10H16O2. The number of hydrogen-bond donors (Lipinski definition) is 0. The van der Waals surface area contributed by atoms with Gasteiger partial charge in [-0.25, -0.2) is 4.79 Å². The van der Waals surface area contributed by atoms with Gasteiger partial charge in [-0.3, -0.25) is 0 Å². The van der Waals surface area contributed by atoms with Gasteiger partial charge in [0.25, 0.3) is 0 Å². The van der Waals surface area contributed by atoms with E-state index in [1.807, 2.05) is 26.8 Å². The summed E-state index contributed by atoms with van der Waals surface area (Å²) < 4.78 is 4.99. The smallest absolute Gasteiger partial charge is 0.331 e. The van der Waals surface area contributed by atoms with Crippen molar-refractivity contribution in [3.63, 3.8) is 0 Å². The highest BCUT2D eigenvalue weighted by molar-refractivity contribution is 5.82. The van der Waals surface area contributed by atoms with Gasteiger partial charge in [0.15, 0.2) is 0 Å². The van der Waals surface area contributed by atoms with Crippen molar-refractivity contribution in [2.75, 3.05) is 0 Å². The summed E-state index contributed by atoms with van der Waals surface area (Å²) in [6, 6.07) is 0. The lowest BCUT2D eigenvalue weighted by molar-refractivity contribution is -0.142. The van der Waals surface area contributed by atoms with E-state index in [4.69, 9.17) is 4.74 Å². The molecule has 0 amide bonds. The van der Waals surface area contributed by atoms with E-state index >= 15 is 0 Å². The third kappa shape index (κ3) is 5.71. The second kappa shape index (κ2) is 6.65. The van der Waals surface area contributed by atoms with Gasteiger partial charge in [0.05, 0.1) is 6.10 Å². The molecule has 2 heteroatoms. The van der Waals surface area contributed by atoms with E-state index < -0.39 is 0 Å². The number of carbonyl (C=O) groups excluding carboxylic acids is 1. The van der Waals surface area contributed by atoms with Crippen LogP contribution in [0.3, 0.4) is 0 Å². The number of allylic oxidation sites excluding steroid dienone is 3. The molecule has 0 fully saturated rings. The van der Waals surface area contributed by atoms with Gasteiger partial charge in [0.2, 0.25) is 0 Å². The number of carbonyl (C=O) groups is 1. The second-order valence-electron chi connectivity index (χ2n) is 2.54. The Labute approximate surface area is 73.9 Å². The molecule has 0 spiro atoms. The topological polar surface area (TPSA) is 26.3 Å². The Bertz CT molecular complexity index is 180. The summed E-state index contributed by atoms with van der Waals surface area (Å²) in [4.78, 5) is 10.9. The van der Waals surface area contributed by atoms with Crippen LogP contribution in [0.5, 0.6) is 0 Å². The lowest BCUT2D eigenvalue weighted by Crippen LogP contribution is -2.11. The van der Waals surface area contributed by atoms with Crippen LogP contribution in [0.4, 0.5) is 0 Å². The molecule has 2 nitrogen and oxygen atoms in total. The Kier molecular flexibility index (Phi) is 6.07. The van der Waals surface area contributed by atoms with Crippen LogP contribution < -0.4 is 0 Å². The van der Waals surface area contributed by atoms with Gasteiger partial charge in [-0.15, -0.1) is 0 Å². The van der Waals surface area contributed by atoms with Crippen molar-refractivity contribution in [1.29, 1.82) is 0 Å². The summed E-state index contributed by atoms with van der Waals surface area (Å²) in [7, 11) is 0. The molecule has 0 saturated heterocycles. The van der Waals surface area contributed by atoms with E-state index in [2.05, 4.69) is 0 Å². The largest absolute Gasteiger partial charge is 0.460 e. The molecular weight excluding hydrogens is 152 g/mol. The molecule has 0 rings (SSSR count). The molecule has 1 atom stereocenters. The van der Waals surface area contributed by atoms with Gasteiger partial charge < -0.3 is 4.74 Å². The Morgan fingerprint density at radius 2 is 2.17 bits per heavy atom. The molecule has 0 aromatic rings. The summed E-state index contributed by atoms with van der Waals surface area (Å²) >= 11 is 0. The van der Waals surface area contributed by atoms with Crippen LogP contribution >= 0.6 is 0 Å². The van der Waals surface area contributed by atoms with Gasteiger partial charge in [0, 0.05) is 6.08 Å². The van der Waals surface area contributed by atoms with Gasteiger partial charge in [-0.05, 0) is 20.3 Å². The van der Waals surface area contributed by atoms with Crippen molar-refractivity contribution < 1.29 is 9.53 Å². The third-order valence-electron chi connectivity index (χ3n) is 1.43. The van der Waals surface area contributed by atoms with Crippen LogP contribution in [0.2, 0.25) is 0 Å². The van der Waals surface area contributed by atoms with E-state index in [0.29, 0.717) is 0 Å². The van der Waals surface area contributed by atoms with Crippen molar-refractivity contribution in [2.45, 2.75) is 33.3 Å². The maximum Gasteiger partial charge on any atom is 0.331 e. The molecule has 0 heterocycles. The standard InChI is InChI=1S/C10H16O2/c1-4-6-7-8-10(11)12-9(3)5-2/h4,6-9H,5H2,1-3H3/b6-4+,8-7+. The molecule has 0 aliphatic heterocycles. The number of esters is 1. The van der Waals surface area contributed by atoms with Gasteiger partial charge in [-0.2, -0.15) is 0 Å². The lowest BCUT2D eigenvalue weighted by Gasteiger charge is -2.07. The number of hydrogen-bond acceptors (Lipinski definition) is 2. The maximum absolute atomic E-state index is 10.9. The monoisotopic (exact) mass is 168 g/mol. The fourth-order valence-electron chi connectivity index (χ4n) is 0.566. The highest BCUT2D eigenvalue weighted by Crippen LogP contribution is 1.96. The Balaban J connectivity index is 3.73. The summed E-state index contributed by atoms with van der Waals surface area (Å²) in [5, 5.41) is 0.